The van der Waals surface area contributed by atoms with E-state index in [1.54, 1.807) is 6.92 Å². The summed E-state index contributed by atoms with van der Waals surface area (Å²) in [5.74, 6) is -3.43. The van der Waals surface area contributed by atoms with Gasteiger partial charge in [0, 0.05) is 26.2 Å². The number of aromatic nitrogens is 4. The maximum absolute atomic E-state index is 12.5. The zero-order valence-corrected chi connectivity index (χ0v) is 25.8. The van der Waals surface area contributed by atoms with Crippen LogP contribution in [0.5, 0.6) is 0 Å². The van der Waals surface area contributed by atoms with Crippen LogP contribution in [0.3, 0.4) is 0 Å². The van der Waals surface area contributed by atoms with Gasteiger partial charge in [-0.3, -0.25) is 37.9 Å². The van der Waals surface area contributed by atoms with Crippen LogP contribution in [-0.2, 0) is 28.5 Å². The summed E-state index contributed by atoms with van der Waals surface area (Å²) < 4.78 is 23.2. The predicted molar refractivity (Wildman–Crippen MR) is 152 cm³/mol. The Balaban J connectivity index is 0.000000259. The van der Waals surface area contributed by atoms with E-state index in [0.717, 1.165) is 28.5 Å². The molecule has 0 saturated carbocycles. The zero-order valence-electron chi connectivity index (χ0n) is 24.3. The second kappa shape index (κ2) is 15.1. The van der Waals surface area contributed by atoms with E-state index < -0.39 is 102 Å². The van der Waals surface area contributed by atoms with E-state index in [1.807, 2.05) is 0 Å². The van der Waals surface area contributed by atoms with Crippen LogP contribution in [-0.4, -0.2) is 101 Å². The molecule has 252 valence electrons. The molecule has 2 aliphatic rings. The van der Waals surface area contributed by atoms with Gasteiger partial charge in [-0.1, -0.05) is 30.1 Å². The molecule has 0 spiro atoms. The van der Waals surface area contributed by atoms with Gasteiger partial charge in [-0.05, 0) is 6.42 Å². The Morgan fingerprint density at radius 1 is 0.826 bits per heavy atom. The normalized spacial score (nSPS) is 27.0. The fourth-order valence-corrected chi connectivity index (χ4v) is 5.06. The van der Waals surface area contributed by atoms with Crippen molar-refractivity contribution in [2.24, 2.45) is 11.5 Å². The lowest BCUT2D eigenvalue weighted by Crippen LogP contribution is -2.41. The Morgan fingerprint density at radius 2 is 1.26 bits per heavy atom. The second-order valence-electron chi connectivity index (χ2n) is 9.83. The molecule has 4 heterocycles. The predicted octanol–water partition coefficient (Wildman–Crippen LogP) is -2.23. The molecule has 19 nitrogen and oxygen atoms in total. The smallest absolute Gasteiger partial charge is 0.303 e. The summed E-state index contributed by atoms with van der Waals surface area (Å²) in [6.07, 6.45) is -6.58. The number of amides is 2. The Labute approximate surface area is 268 Å². The topological polar surface area (TPSA) is 288 Å². The Bertz CT molecular complexity index is 1620. The van der Waals surface area contributed by atoms with Crippen LogP contribution >= 0.6 is 23.2 Å². The first-order chi connectivity index (χ1) is 21.5. The maximum atomic E-state index is 12.5. The minimum atomic E-state index is -1.48. The van der Waals surface area contributed by atoms with E-state index in [1.165, 1.54) is 6.92 Å². The number of esters is 2. The first-order valence-electron chi connectivity index (χ1n) is 13.3. The van der Waals surface area contributed by atoms with Gasteiger partial charge in [-0.25, -0.2) is 9.97 Å². The number of hydrogen-bond donors (Lipinski definition) is 5. The van der Waals surface area contributed by atoms with Crippen LogP contribution in [0, 0.1) is 0 Å². The number of carbonyl (C=O) groups excluding carboxylic acids is 4. The fourth-order valence-electron chi connectivity index (χ4n) is 4.68. The molecule has 2 aromatic heterocycles. The molecule has 2 saturated heterocycles. The van der Waals surface area contributed by atoms with Crippen molar-refractivity contribution in [3.63, 3.8) is 0 Å². The van der Waals surface area contributed by atoms with E-state index in [2.05, 4.69) is 9.97 Å². The molecule has 0 unspecified atom stereocenters. The summed E-state index contributed by atoms with van der Waals surface area (Å²) in [4.78, 5) is 77.1. The maximum Gasteiger partial charge on any atom is 0.303 e. The minimum Gasteiger partial charge on any atom is -0.456 e. The summed E-state index contributed by atoms with van der Waals surface area (Å²) in [5, 5.41) is 28.1. The molecular formula is C25H30Cl2N6O13. The van der Waals surface area contributed by atoms with Crippen molar-refractivity contribution in [3.8, 4) is 0 Å². The van der Waals surface area contributed by atoms with E-state index >= 15 is 0 Å². The molecule has 2 aromatic rings. The van der Waals surface area contributed by atoms with Crippen LogP contribution in [0.2, 0.25) is 10.3 Å². The highest BCUT2D eigenvalue weighted by Gasteiger charge is 2.50. The van der Waals surface area contributed by atoms with Crippen molar-refractivity contribution in [2.75, 3.05) is 6.61 Å². The average molecular weight is 693 g/mol. The van der Waals surface area contributed by atoms with E-state index in [9.17, 15) is 39.0 Å². The minimum absolute atomic E-state index is 0.187. The quantitative estimate of drug-likeness (QED) is 0.183. The van der Waals surface area contributed by atoms with Gasteiger partial charge >= 0.3 is 11.9 Å². The first-order valence-corrected chi connectivity index (χ1v) is 14.1. The number of aliphatic hydroxyl groups is 3. The number of halogens is 2. The van der Waals surface area contributed by atoms with Gasteiger partial charge in [0.05, 0.1) is 6.61 Å². The number of hydrogen-bond acceptors (Lipinski definition) is 15. The Morgan fingerprint density at radius 3 is 1.65 bits per heavy atom. The third-order valence-electron chi connectivity index (χ3n) is 6.63. The van der Waals surface area contributed by atoms with Crippen molar-refractivity contribution >= 4 is 47.0 Å². The molecule has 2 aliphatic heterocycles. The van der Waals surface area contributed by atoms with Gasteiger partial charge in [0.1, 0.15) is 34.7 Å². The number of nitrogens with zero attached hydrogens (tertiary/aromatic N) is 4. The molecule has 8 atom stereocenters. The lowest BCUT2D eigenvalue weighted by Gasteiger charge is -2.24. The average Bonchev–Trinajstić information content (AvgIpc) is 3.45. The highest BCUT2D eigenvalue weighted by atomic mass is 35.5. The van der Waals surface area contributed by atoms with E-state index in [4.69, 9.17) is 58.7 Å². The third-order valence-corrected chi connectivity index (χ3v) is 6.99. The van der Waals surface area contributed by atoms with Crippen LogP contribution < -0.4 is 22.6 Å². The van der Waals surface area contributed by atoms with Crippen LogP contribution in [0.15, 0.2) is 22.0 Å². The summed E-state index contributed by atoms with van der Waals surface area (Å²) in [5.41, 5.74) is 7.15. The van der Waals surface area contributed by atoms with Gasteiger partial charge in [0.25, 0.3) is 22.9 Å². The molecule has 0 radical (unpaired) electrons. The summed E-state index contributed by atoms with van der Waals surface area (Å²) in [6, 6.07) is 0. The van der Waals surface area contributed by atoms with Gasteiger partial charge in [-0.15, -0.1) is 0 Å². The lowest BCUT2D eigenvalue weighted by molar-refractivity contribution is -0.165. The molecule has 21 heteroatoms. The number of primary amides is 2. The van der Waals surface area contributed by atoms with Crippen molar-refractivity contribution in [1.82, 2.24) is 19.1 Å². The summed E-state index contributed by atoms with van der Waals surface area (Å²) in [7, 11) is 0. The van der Waals surface area contributed by atoms with Gasteiger partial charge in [0.15, 0.2) is 36.1 Å². The van der Waals surface area contributed by atoms with Crippen molar-refractivity contribution in [2.45, 2.75) is 76.3 Å². The standard InChI is InChI=1S/C15H18ClN3O7.C10H12ClN3O6/c1-4-8-11(24-6(2)20)12(25-7(3)21)15(26-8)19-5-9(16)18-10(13(17)22)14(19)23;11-4-1-14(9(19)5(13-4)8(12)18)10-7(17)6(16)3(2-15)20-10/h5,8,11-12,15H,4H2,1-3H3,(H2,17,22);1,3,6-7,10,15-17H,2H2,(H2,12,18)/t8-,11-,12-,15-;3-,6-,7-,10-/m11/s1. The van der Waals surface area contributed by atoms with Gasteiger partial charge < -0.3 is 45.7 Å². The van der Waals surface area contributed by atoms with Crippen LogP contribution in [0.1, 0.15) is 60.6 Å². The third kappa shape index (κ3) is 7.86. The SMILES string of the molecule is CC[C@H]1O[C@@H](n2cc(Cl)nc(C(N)=O)c2=O)[C@H](OC(C)=O)[C@@H]1OC(C)=O.NC(=O)c1nc(Cl)cn([C@@H]2O[C@H](CO)[C@@H](O)[C@H]2O)c1=O. The number of aliphatic hydroxyl groups excluding tert-OH is 3. The molecule has 46 heavy (non-hydrogen) atoms. The first kappa shape index (κ1) is 36.5. The molecule has 0 bridgehead atoms. The molecule has 4 rings (SSSR count). The Kier molecular flexibility index (Phi) is 12.0. The van der Waals surface area contributed by atoms with Crippen molar-refractivity contribution in [1.29, 1.82) is 0 Å². The monoisotopic (exact) mass is 692 g/mol. The highest BCUT2D eigenvalue weighted by molar-refractivity contribution is 6.29. The molecule has 2 fully saturated rings. The van der Waals surface area contributed by atoms with Crippen LogP contribution in [0.4, 0.5) is 0 Å². The lowest BCUT2D eigenvalue weighted by atomic mass is 10.1. The molecule has 0 aliphatic carbocycles. The van der Waals surface area contributed by atoms with Gasteiger partial charge in [0.2, 0.25) is 0 Å². The molecule has 7 N–H and O–H groups in total. The molecular weight excluding hydrogens is 663 g/mol. The second-order valence-corrected chi connectivity index (χ2v) is 10.6. The number of nitrogens with two attached hydrogens (primary N) is 2. The molecule has 2 amide bonds. The summed E-state index contributed by atoms with van der Waals surface area (Å²) >= 11 is 11.5. The van der Waals surface area contributed by atoms with E-state index in [-0.39, 0.29) is 10.3 Å². The van der Waals surface area contributed by atoms with E-state index in [0.29, 0.717) is 6.42 Å². The van der Waals surface area contributed by atoms with Gasteiger partial charge in [-0.2, -0.15) is 0 Å². The Hall–Kier alpha value is -3.98. The number of rotatable bonds is 8. The number of ether oxygens (including phenoxy) is 4. The number of carbonyl (C=O) groups is 4. The highest BCUT2D eigenvalue weighted by Crippen LogP contribution is 2.35. The summed E-state index contributed by atoms with van der Waals surface area (Å²) in [6.45, 7) is 3.58. The largest absolute Gasteiger partial charge is 0.456 e. The fraction of sp³-hybridized carbons (Fsp3) is 0.520. The zero-order chi connectivity index (χ0) is 34.6. The molecule has 0 aromatic carbocycles. The van der Waals surface area contributed by atoms with Crippen LogP contribution in [0.25, 0.3) is 0 Å². The van der Waals surface area contributed by atoms with Crippen molar-refractivity contribution < 1.29 is 53.4 Å². The van der Waals surface area contributed by atoms with Crippen molar-refractivity contribution in [3.05, 3.63) is 54.8 Å².